The number of hydrogen-bond acceptors (Lipinski definition) is 2. The molecule has 0 aliphatic heterocycles. The Balaban J connectivity index is 3.56. The number of halogens is 1. The summed E-state index contributed by atoms with van der Waals surface area (Å²) in [7, 11) is 2.22. The van der Waals surface area contributed by atoms with Crippen molar-refractivity contribution in [2.24, 2.45) is 5.92 Å². The van der Waals surface area contributed by atoms with Crippen molar-refractivity contribution < 1.29 is 0 Å². The SMILES string of the molecule is CSCC(C)N(C)CCC(C)CCCl. The highest BCUT2D eigenvalue weighted by molar-refractivity contribution is 7.98. The maximum atomic E-state index is 5.71. The van der Waals surface area contributed by atoms with Gasteiger partial charge in [0, 0.05) is 17.7 Å². The van der Waals surface area contributed by atoms with Gasteiger partial charge in [-0.1, -0.05) is 6.92 Å². The minimum absolute atomic E-state index is 0.688. The summed E-state index contributed by atoms with van der Waals surface area (Å²) < 4.78 is 0. The lowest BCUT2D eigenvalue weighted by molar-refractivity contribution is 0.256. The Bertz CT molecular complexity index is 132. The van der Waals surface area contributed by atoms with Crippen molar-refractivity contribution in [3.05, 3.63) is 0 Å². The largest absolute Gasteiger partial charge is 0.303 e. The van der Waals surface area contributed by atoms with E-state index < -0.39 is 0 Å². The molecule has 0 saturated heterocycles. The van der Waals surface area contributed by atoms with Crippen LogP contribution in [0, 0.1) is 5.92 Å². The Morgan fingerprint density at radius 1 is 1.29 bits per heavy atom. The molecule has 3 heteroatoms. The molecule has 0 aromatic carbocycles. The standard InChI is InChI=1S/C11H24ClNS/c1-10(5-7-12)6-8-13(3)11(2)9-14-4/h10-11H,5-9H2,1-4H3. The molecular weight excluding hydrogens is 214 g/mol. The van der Waals surface area contributed by atoms with Crippen LogP contribution in [-0.2, 0) is 0 Å². The molecule has 0 fully saturated rings. The zero-order valence-electron chi connectivity index (χ0n) is 9.92. The first kappa shape index (κ1) is 14.6. The maximum absolute atomic E-state index is 5.71. The molecule has 0 bridgehead atoms. The van der Waals surface area contributed by atoms with Crippen LogP contribution in [0.3, 0.4) is 0 Å². The lowest BCUT2D eigenvalue weighted by atomic mass is 10.0. The Labute approximate surface area is 98.6 Å². The third kappa shape index (κ3) is 6.97. The van der Waals surface area contributed by atoms with E-state index in [1.165, 1.54) is 18.7 Å². The van der Waals surface area contributed by atoms with Crippen molar-refractivity contribution in [1.82, 2.24) is 4.90 Å². The first-order chi connectivity index (χ1) is 6.61. The van der Waals surface area contributed by atoms with Crippen LogP contribution in [0.15, 0.2) is 0 Å². The molecule has 0 aliphatic rings. The second kappa shape index (κ2) is 8.87. The van der Waals surface area contributed by atoms with Crippen molar-refractivity contribution in [3.8, 4) is 0 Å². The first-order valence-electron chi connectivity index (χ1n) is 5.37. The van der Waals surface area contributed by atoms with E-state index in [2.05, 4.69) is 32.1 Å². The summed E-state index contributed by atoms with van der Waals surface area (Å²) in [5.74, 6) is 2.78. The Morgan fingerprint density at radius 3 is 2.43 bits per heavy atom. The average molecular weight is 238 g/mol. The molecule has 2 atom stereocenters. The lowest BCUT2D eigenvalue weighted by Crippen LogP contribution is -2.32. The van der Waals surface area contributed by atoms with Gasteiger partial charge < -0.3 is 4.90 Å². The minimum atomic E-state index is 0.688. The second-order valence-electron chi connectivity index (χ2n) is 4.16. The number of rotatable bonds is 8. The molecule has 2 unspecified atom stereocenters. The minimum Gasteiger partial charge on any atom is -0.303 e. The Hall–Kier alpha value is 0.600. The predicted octanol–water partition coefficient (Wildman–Crippen LogP) is 3.32. The molecule has 0 aliphatic carbocycles. The van der Waals surface area contributed by atoms with Gasteiger partial charge in [-0.05, 0) is 45.5 Å². The van der Waals surface area contributed by atoms with Gasteiger partial charge in [-0.2, -0.15) is 11.8 Å². The van der Waals surface area contributed by atoms with E-state index in [0.29, 0.717) is 6.04 Å². The first-order valence-corrected chi connectivity index (χ1v) is 7.29. The van der Waals surface area contributed by atoms with Gasteiger partial charge in [0.1, 0.15) is 0 Å². The van der Waals surface area contributed by atoms with Crippen LogP contribution >= 0.6 is 23.4 Å². The normalized spacial score (nSPS) is 15.9. The van der Waals surface area contributed by atoms with Gasteiger partial charge in [-0.15, -0.1) is 11.6 Å². The molecule has 0 saturated carbocycles. The zero-order chi connectivity index (χ0) is 11.0. The summed E-state index contributed by atoms with van der Waals surface area (Å²) in [4.78, 5) is 2.45. The van der Waals surface area contributed by atoms with Crippen LogP contribution < -0.4 is 0 Å². The highest BCUT2D eigenvalue weighted by Gasteiger charge is 2.09. The summed E-state index contributed by atoms with van der Waals surface area (Å²) in [5, 5.41) is 0. The molecule has 0 aromatic heterocycles. The van der Waals surface area contributed by atoms with Crippen molar-refractivity contribution in [1.29, 1.82) is 0 Å². The lowest BCUT2D eigenvalue weighted by Gasteiger charge is -2.25. The van der Waals surface area contributed by atoms with Crippen LogP contribution in [0.1, 0.15) is 26.7 Å². The fourth-order valence-corrected chi connectivity index (χ4v) is 2.45. The van der Waals surface area contributed by atoms with Crippen LogP contribution in [-0.4, -0.2) is 42.4 Å². The van der Waals surface area contributed by atoms with Crippen LogP contribution in [0.4, 0.5) is 0 Å². The summed E-state index contributed by atoms with van der Waals surface area (Å²) in [6, 6.07) is 0.688. The number of nitrogens with zero attached hydrogens (tertiary/aromatic N) is 1. The maximum Gasteiger partial charge on any atom is 0.0225 e. The smallest absolute Gasteiger partial charge is 0.0225 e. The molecule has 1 nitrogen and oxygen atoms in total. The van der Waals surface area contributed by atoms with Gasteiger partial charge in [-0.25, -0.2) is 0 Å². The van der Waals surface area contributed by atoms with Crippen LogP contribution in [0.25, 0.3) is 0 Å². The third-order valence-corrected chi connectivity index (χ3v) is 3.77. The molecule has 0 amide bonds. The summed E-state index contributed by atoms with van der Waals surface area (Å²) in [5.41, 5.74) is 0. The molecule has 0 aromatic rings. The van der Waals surface area contributed by atoms with E-state index in [9.17, 15) is 0 Å². The molecule has 0 N–H and O–H groups in total. The fourth-order valence-electron chi connectivity index (χ4n) is 1.34. The highest BCUT2D eigenvalue weighted by Crippen LogP contribution is 2.11. The highest BCUT2D eigenvalue weighted by atomic mass is 35.5. The van der Waals surface area contributed by atoms with E-state index in [1.54, 1.807) is 0 Å². The van der Waals surface area contributed by atoms with Gasteiger partial charge >= 0.3 is 0 Å². The van der Waals surface area contributed by atoms with Crippen molar-refractivity contribution in [2.75, 3.05) is 31.5 Å². The average Bonchev–Trinajstić information content (AvgIpc) is 2.15. The summed E-state index contributed by atoms with van der Waals surface area (Å²) in [6.45, 7) is 5.78. The van der Waals surface area contributed by atoms with Gasteiger partial charge in [0.25, 0.3) is 0 Å². The molecule has 0 radical (unpaired) electrons. The Kier molecular flexibility index (Phi) is 9.25. The van der Waals surface area contributed by atoms with E-state index in [4.69, 9.17) is 11.6 Å². The number of hydrogen-bond donors (Lipinski definition) is 0. The van der Waals surface area contributed by atoms with E-state index in [1.807, 2.05) is 11.8 Å². The number of alkyl halides is 1. The third-order valence-electron chi connectivity index (χ3n) is 2.74. The van der Waals surface area contributed by atoms with E-state index >= 15 is 0 Å². The monoisotopic (exact) mass is 237 g/mol. The topological polar surface area (TPSA) is 3.24 Å². The van der Waals surface area contributed by atoms with Crippen LogP contribution in [0.5, 0.6) is 0 Å². The molecule has 0 spiro atoms. The second-order valence-corrected chi connectivity index (χ2v) is 5.45. The van der Waals surface area contributed by atoms with Crippen LogP contribution in [0.2, 0.25) is 0 Å². The Morgan fingerprint density at radius 2 is 1.93 bits per heavy atom. The van der Waals surface area contributed by atoms with E-state index in [-0.39, 0.29) is 0 Å². The predicted molar refractivity (Wildman–Crippen MR) is 69.6 cm³/mol. The van der Waals surface area contributed by atoms with E-state index in [0.717, 1.165) is 18.2 Å². The van der Waals surface area contributed by atoms with Crippen molar-refractivity contribution in [3.63, 3.8) is 0 Å². The van der Waals surface area contributed by atoms with Gasteiger partial charge in [0.05, 0.1) is 0 Å². The molecule has 0 heterocycles. The fraction of sp³-hybridized carbons (Fsp3) is 1.00. The number of thioether (sulfide) groups is 1. The van der Waals surface area contributed by atoms with Gasteiger partial charge in [-0.3, -0.25) is 0 Å². The quantitative estimate of drug-likeness (QED) is 0.596. The van der Waals surface area contributed by atoms with Crippen molar-refractivity contribution >= 4 is 23.4 Å². The molecule has 14 heavy (non-hydrogen) atoms. The molecule has 86 valence electrons. The van der Waals surface area contributed by atoms with Crippen molar-refractivity contribution in [2.45, 2.75) is 32.7 Å². The molecule has 0 rings (SSSR count). The molecular formula is C11H24ClNS. The summed E-state index contributed by atoms with van der Waals surface area (Å²) in [6.07, 6.45) is 4.58. The summed E-state index contributed by atoms with van der Waals surface area (Å²) >= 11 is 7.63. The van der Waals surface area contributed by atoms with Gasteiger partial charge in [0.15, 0.2) is 0 Å². The van der Waals surface area contributed by atoms with Gasteiger partial charge in [0.2, 0.25) is 0 Å². The zero-order valence-corrected chi connectivity index (χ0v) is 11.5.